The standard InChI is InChI=1S/C14H20BrNO/c1-3-14(4-2)10-17-13(9-16-14)11-7-5-6-8-12(11)15/h5-8,13,16H,3-4,9-10H2,1-2H3. The molecule has 1 atom stereocenters. The van der Waals surface area contributed by atoms with Crippen molar-refractivity contribution in [3.8, 4) is 0 Å². The lowest BCUT2D eigenvalue weighted by Crippen LogP contribution is -2.54. The Morgan fingerprint density at radius 3 is 2.59 bits per heavy atom. The molecule has 0 spiro atoms. The maximum absolute atomic E-state index is 6.05. The third-order valence-corrected chi connectivity index (χ3v) is 4.55. The Labute approximate surface area is 112 Å². The monoisotopic (exact) mass is 297 g/mol. The predicted molar refractivity (Wildman–Crippen MR) is 74.2 cm³/mol. The SMILES string of the molecule is CCC1(CC)COC(c2ccccc2Br)CN1. The van der Waals surface area contributed by atoms with Gasteiger partial charge in [-0.2, -0.15) is 0 Å². The first-order valence-electron chi connectivity index (χ1n) is 6.32. The van der Waals surface area contributed by atoms with Crippen molar-refractivity contribution in [2.24, 2.45) is 0 Å². The number of benzene rings is 1. The molecule has 0 aliphatic carbocycles. The Hall–Kier alpha value is -0.380. The third-order valence-electron chi connectivity index (χ3n) is 3.83. The minimum Gasteiger partial charge on any atom is -0.370 e. The van der Waals surface area contributed by atoms with E-state index in [-0.39, 0.29) is 11.6 Å². The molecule has 1 heterocycles. The van der Waals surface area contributed by atoms with Crippen LogP contribution in [0.5, 0.6) is 0 Å². The van der Waals surface area contributed by atoms with E-state index in [2.05, 4.69) is 53.3 Å². The van der Waals surface area contributed by atoms with Gasteiger partial charge in [-0.05, 0) is 24.5 Å². The van der Waals surface area contributed by atoms with E-state index < -0.39 is 0 Å². The normalized spacial score (nSPS) is 23.6. The molecule has 17 heavy (non-hydrogen) atoms. The number of rotatable bonds is 3. The molecule has 1 aliphatic heterocycles. The van der Waals surface area contributed by atoms with Gasteiger partial charge in [0, 0.05) is 16.6 Å². The summed E-state index contributed by atoms with van der Waals surface area (Å²) in [6, 6.07) is 8.29. The maximum Gasteiger partial charge on any atom is 0.0961 e. The van der Waals surface area contributed by atoms with Gasteiger partial charge in [0.15, 0.2) is 0 Å². The molecule has 94 valence electrons. The lowest BCUT2D eigenvalue weighted by atomic mass is 9.91. The molecule has 1 unspecified atom stereocenters. The maximum atomic E-state index is 6.05. The molecular formula is C14H20BrNO. The molecule has 0 amide bonds. The molecular weight excluding hydrogens is 278 g/mol. The number of halogens is 1. The summed E-state index contributed by atoms with van der Waals surface area (Å²) in [6.07, 6.45) is 2.40. The van der Waals surface area contributed by atoms with Crippen LogP contribution in [-0.2, 0) is 4.74 Å². The molecule has 1 aromatic carbocycles. The number of hydrogen-bond donors (Lipinski definition) is 1. The van der Waals surface area contributed by atoms with Crippen molar-refractivity contribution in [2.75, 3.05) is 13.2 Å². The highest BCUT2D eigenvalue weighted by atomic mass is 79.9. The first-order chi connectivity index (χ1) is 8.21. The third kappa shape index (κ3) is 2.72. The van der Waals surface area contributed by atoms with Crippen LogP contribution in [0.4, 0.5) is 0 Å². The lowest BCUT2D eigenvalue weighted by molar-refractivity contribution is -0.0377. The van der Waals surface area contributed by atoms with Crippen molar-refractivity contribution in [2.45, 2.75) is 38.3 Å². The first-order valence-corrected chi connectivity index (χ1v) is 7.11. The highest BCUT2D eigenvalue weighted by Gasteiger charge is 2.33. The molecule has 0 radical (unpaired) electrons. The zero-order chi connectivity index (χ0) is 12.3. The quantitative estimate of drug-likeness (QED) is 0.919. The smallest absolute Gasteiger partial charge is 0.0961 e. The number of morpholine rings is 1. The highest BCUT2D eigenvalue weighted by Crippen LogP contribution is 2.31. The summed E-state index contributed by atoms with van der Waals surface area (Å²) in [5.74, 6) is 0. The Morgan fingerprint density at radius 2 is 2.06 bits per heavy atom. The second-order valence-corrected chi connectivity index (χ2v) is 5.54. The first kappa shape index (κ1) is 13.1. The molecule has 2 rings (SSSR count). The molecule has 1 saturated heterocycles. The Morgan fingerprint density at radius 1 is 1.35 bits per heavy atom. The van der Waals surface area contributed by atoms with Crippen molar-refractivity contribution in [3.63, 3.8) is 0 Å². The minimum atomic E-state index is 0.164. The largest absolute Gasteiger partial charge is 0.370 e. The fourth-order valence-corrected chi connectivity index (χ4v) is 2.86. The van der Waals surface area contributed by atoms with Gasteiger partial charge in [-0.3, -0.25) is 0 Å². The van der Waals surface area contributed by atoms with E-state index in [9.17, 15) is 0 Å². The van der Waals surface area contributed by atoms with E-state index in [4.69, 9.17) is 4.74 Å². The Bertz CT molecular complexity index is 366. The number of ether oxygens (including phenoxy) is 1. The molecule has 0 aromatic heterocycles. The van der Waals surface area contributed by atoms with Gasteiger partial charge in [-0.1, -0.05) is 48.0 Å². The van der Waals surface area contributed by atoms with Gasteiger partial charge >= 0.3 is 0 Å². The zero-order valence-corrected chi connectivity index (χ0v) is 12.1. The van der Waals surface area contributed by atoms with Gasteiger partial charge in [-0.15, -0.1) is 0 Å². The van der Waals surface area contributed by atoms with E-state index >= 15 is 0 Å². The fraction of sp³-hybridized carbons (Fsp3) is 0.571. The van der Waals surface area contributed by atoms with Crippen molar-refractivity contribution < 1.29 is 4.74 Å². The van der Waals surface area contributed by atoms with E-state index in [1.54, 1.807) is 0 Å². The van der Waals surface area contributed by atoms with Crippen molar-refractivity contribution >= 4 is 15.9 Å². The van der Waals surface area contributed by atoms with Crippen molar-refractivity contribution in [1.29, 1.82) is 0 Å². The van der Waals surface area contributed by atoms with Gasteiger partial charge in [0.1, 0.15) is 0 Å². The number of nitrogens with one attached hydrogen (secondary N) is 1. The van der Waals surface area contributed by atoms with E-state index in [0.717, 1.165) is 30.5 Å². The zero-order valence-electron chi connectivity index (χ0n) is 10.5. The van der Waals surface area contributed by atoms with E-state index in [1.165, 1.54) is 5.56 Å². The molecule has 1 N–H and O–H groups in total. The van der Waals surface area contributed by atoms with E-state index in [1.807, 2.05) is 6.07 Å². The fourth-order valence-electron chi connectivity index (χ4n) is 2.32. The molecule has 1 aliphatic rings. The van der Waals surface area contributed by atoms with Crippen LogP contribution < -0.4 is 5.32 Å². The van der Waals surface area contributed by atoms with Crippen LogP contribution >= 0.6 is 15.9 Å². The summed E-state index contributed by atoms with van der Waals surface area (Å²) in [4.78, 5) is 0. The number of hydrogen-bond acceptors (Lipinski definition) is 2. The van der Waals surface area contributed by atoms with Crippen LogP contribution in [0.3, 0.4) is 0 Å². The molecule has 1 fully saturated rings. The topological polar surface area (TPSA) is 21.3 Å². The molecule has 0 saturated carbocycles. The summed E-state index contributed by atoms with van der Waals surface area (Å²) >= 11 is 3.59. The lowest BCUT2D eigenvalue weighted by Gasteiger charge is -2.40. The Kier molecular flexibility index (Phi) is 4.23. The average Bonchev–Trinajstić information content (AvgIpc) is 2.40. The summed E-state index contributed by atoms with van der Waals surface area (Å²) in [5, 5.41) is 3.66. The van der Waals surface area contributed by atoms with Crippen LogP contribution in [0, 0.1) is 0 Å². The van der Waals surface area contributed by atoms with Gasteiger partial charge < -0.3 is 10.1 Å². The average molecular weight is 298 g/mol. The van der Waals surface area contributed by atoms with Crippen LogP contribution in [0.25, 0.3) is 0 Å². The second-order valence-electron chi connectivity index (χ2n) is 4.69. The van der Waals surface area contributed by atoms with Crippen LogP contribution in [-0.4, -0.2) is 18.7 Å². The van der Waals surface area contributed by atoms with Crippen LogP contribution in [0.15, 0.2) is 28.7 Å². The van der Waals surface area contributed by atoms with Gasteiger partial charge in [0.25, 0.3) is 0 Å². The summed E-state index contributed by atoms with van der Waals surface area (Å²) in [6.45, 7) is 6.13. The van der Waals surface area contributed by atoms with Gasteiger partial charge in [0.05, 0.1) is 12.7 Å². The predicted octanol–water partition coefficient (Wildman–Crippen LogP) is 3.67. The minimum absolute atomic E-state index is 0.164. The van der Waals surface area contributed by atoms with E-state index in [0.29, 0.717) is 0 Å². The van der Waals surface area contributed by atoms with Crippen molar-refractivity contribution in [3.05, 3.63) is 34.3 Å². The van der Waals surface area contributed by atoms with Crippen LogP contribution in [0.2, 0.25) is 0 Å². The molecule has 2 nitrogen and oxygen atoms in total. The summed E-state index contributed by atoms with van der Waals surface area (Å²) in [5.41, 5.74) is 1.42. The molecule has 3 heteroatoms. The Balaban J connectivity index is 2.07. The highest BCUT2D eigenvalue weighted by molar-refractivity contribution is 9.10. The van der Waals surface area contributed by atoms with Crippen LogP contribution in [0.1, 0.15) is 38.4 Å². The summed E-state index contributed by atoms with van der Waals surface area (Å²) in [7, 11) is 0. The summed E-state index contributed by atoms with van der Waals surface area (Å²) < 4.78 is 7.18. The van der Waals surface area contributed by atoms with Crippen molar-refractivity contribution in [1.82, 2.24) is 5.32 Å². The molecule has 1 aromatic rings. The second kappa shape index (κ2) is 5.51. The molecule has 0 bridgehead atoms. The van der Waals surface area contributed by atoms with Gasteiger partial charge in [-0.25, -0.2) is 0 Å². The van der Waals surface area contributed by atoms with Gasteiger partial charge in [0.2, 0.25) is 0 Å².